The number of aromatic nitrogens is 1. The fraction of sp³-hybridized carbons (Fsp3) is 0.0833. The molecule has 0 unspecified atom stereocenters. The number of carbonyl (C=O) groups excluding carboxylic acids is 1. The van der Waals surface area contributed by atoms with Gasteiger partial charge in [0.05, 0.1) is 16.8 Å². The maximum Gasteiger partial charge on any atom is 0.279 e. The topological polar surface area (TPSA) is 43.6 Å². The number of halogens is 1. The summed E-state index contributed by atoms with van der Waals surface area (Å²) in [5.74, 6) is 3.53. The van der Waals surface area contributed by atoms with Gasteiger partial charge in [-0.25, -0.2) is 0 Å². The minimum atomic E-state index is -0.366. The second-order valence-corrected chi connectivity index (χ2v) is 7.97. The molecule has 1 heterocycles. The second-order valence-electron chi connectivity index (χ2n) is 6.55. The first-order chi connectivity index (χ1) is 14.6. The zero-order valence-electron chi connectivity index (χ0n) is 16.1. The van der Waals surface area contributed by atoms with Crippen molar-refractivity contribution >= 4 is 39.1 Å². The maximum atomic E-state index is 12.9. The third-order valence-electron chi connectivity index (χ3n) is 4.54. The molecule has 0 fully saturated rings. The van der Waals surface area contributed by atoms with E-state index >= 15 is 0 Å². The molecule has 0 atom stereocenters. The van der Waals surface area contributed by atoms with Crippen LogP contribution in [-0.4, -0.2) is 10.5 Å². The Morgan fingerprint density at radius 3 is 2.67 bits per heavy atom. The summed E-state index contributed by atoms with van der Waals surface area (Å²) in [5.41, 5.74) is 2.24. The van der Waals surface area contributed by atoms with E-state index in [1.54, 1.807) is 24.3 Å². The van der Waals surface area contributed by atoms with Gasteiger partial charge in [-0.1, -0.05) is 53.1 Å². The number of thiazole rings is 1. The summed E-state index contributed by atoms with van der Waals surface area (Å²) < 4.78 is 8.64. The SMILES string of the molecule is C#CCn1c(=NC(=O)c2cccc(Oc3ccccc3)c2)sc2ccc(Cl)c(C)c21. The standard InChI is InChI=1S/C24H17ClN2O2S/c1-3-14-27-22-16(2)20(25)12-13-21(22)30-24(27)26-23(28)17-8-7-11-19(15-17)29-18-9-5-4-6-10-18/h1,4-13,15H,14H2,2H3. The van der Waals surface area contributed by atoms with Gasteiger partial charge < -0.3 is 9.30 Å². The van der Waals surface area contributed by atoms with E-state index in [1.807, 2.05) is 54.0 Å². The van der Waals surface area contributed by atoms with Crippen molar-refractivity contribution in [2.75, 3.05) is 0 Å². The molecule has 0 bridgehead atoms. The molecule has 0 N–H and O–H groups in total. The van der Waals surface area contributed by atoms with Crippen LogP contribution < -0.4 is 9.54 Å². The van der Waals surface area contributed by atoms with Crippen molar-refractivity contribution in [3.05, 3.63) is 87.7 Å². The van der Waals surface area contributed by atoms with Crippen molar-refractivity contribution in [1.29, 1.82) is 0 Å². The number of aryl methyl sites for hydroxylation is 1. The first-order valence-electron chi connectivity index (χ1n) is 9.21. The van der Waals surface area contributed by atoms with Crippen LogP contribution in [0.2, 0.25) is 5.02 Å². The Hall–Kier alpha value is -3.33. The van der Waals surface area contributed by atoms with Crippen LogP contribution in [0.25, 0.3) is 10.2 Å². The minimum Gasteiger partial charge on any atom is -0.457 e. The number of amides is 1. The molecular formula is C24H17ClN2O2S. The van der Waals surface area contributed by atoms with Gasteiger partial charge in [0.1, 0.15) is 11.5 Å². The fourth-order valence-electron chi connectivity index (χ4n) is 3.11. The van der Waals surface area contributed by atoms with Gasteiger partial charge in [0.2, 0.25) is 0 Å². The predicted molar refractivity (Wildman–Crippen MR) is 121 cm³/mol. The number of rotatable bonds is 4. The molecule has 30 heavy (non-hydrogen) atoms. The lowest BCUT2D eigenvalue weighted by Gasteiger charge is -2.06. The van der Waals surface area contributed by atoms with Crippen LogP contribution in [0.1, 0.15) is 15.9 Å². The molecule has 0 saturated carbocycles. The Balaban J connectivity index is 1.74. The molecule has 0 radical (unpaired) electrons. The highest BCUT2D eigenvalue weighted by atomic mass is 35.5. The first-order valence-corrected chi connectivity index (χ1v) is 10.4. The number of hydrogen-bond acceptors (Lipinski definition) is 3. The molecule has 6 heteroatoms. The Kier molecular flexibility index (Phi) is 5.71. The van der Waals surface area contributed by atoms with Crippen LogP contribution in [0, 0.1) is 19.3 Å². The van der Waals surface area contributed by atoms with E-state index in [0.29, 0.717) is 33.4 Å². The molecule has 0 aliphatic rings. The summed E-state index contributed by atoms with van der Waals surface area (Å²) in [5, 5.41) is 0.648. The number of fused-ring (bicyclic) bond motifs is 1. The summed E-state index contributed by atoms with van der Waals surface area (Å²) in [4.78, 5) is 17.8. The van der Waals surface area contributed by atoms with Gasteiger partial charge in [-0.15, -0.1) is 6.42 Å². The van der Waals surface area contributed by atoms with Gasteiger partial charge in [0.15, 0.2) is 4.80 Å². The number of nitrogens with zero attached hydrogens (tertiary/aromatic N) is 2. The van der Waals surface area contributed by atoms with Crippen LogP contribution >= 0.6 is 22.9 Å². The Bertz CT molecular complexity index is 1350. The lowest BCUT2D eigenvalue weighted by Crippen LogP contribution is -2.17. The lowest BCUT2D eigenvalue weighted by atomic mass is 10.2. The molecule has 0 saturated heterocycles. The van der Waals surface area contributed by atoms with Crippen LogP contribution in [-0.2, 0) is 6.54 Å². The average Bonchev–Trinajstić information content (AvgIpc) is 3.10. The van der Waals surface area contributed by atoms with Crippen molar-refractivity contribution in [1.82, 2.24) is 4.57 Å². The monoisotopic (exact) mass is 432 g/mol. The van der Waals surface area contributed by atoms with Crippen molar-refractivity contribution in [3.8, 4) is 23.8 Å². The van der Waals surface area contributed by atoms with Crippen LogP contribution in [0.15, 0.2) is 71.7 Å². The molecule has 0 aliphatic carbocycles. The molecule has 1 aromatic heterocycles. The summed E-state index contributed by atoms with van der Waals surface area (Å²) in [6.45, 7) is 2.23. The van der Waals surface area contributed by atoms with E-state index in [1.165, 1.54) is 11.3 Å². The number of benzene rings is 3. The van der Waals surface area contributed by atoms with Gasteiger partial charge in [-0.2, -0.15) is 4.99 Å². The molecule has 0 spiro atoms. The van der Waals surface area contributed by atoms with E-state index in [0.717, 1.165) is 15.8 Å². The van der Waals surface area contributed by atoms with E-state index in [2.05, 4.69) is 10.9 Å². The van der Waals surface area contributed by atoms with E-state index in [4.69, 9.17) is 22.8 Å². The van der Waals surface area contributed by atoms with E-state index in [-0.39, 0.29) is 5.91 Å². The molecule has 4 rings (SSSR count). The summed E-state index contributed by atoms with van der Waals surface area (Å²) >= 11 is 7.69. The summed E-state index contributed by atoms with van der Waals surface area (Å²) in [6, 6.07) is 20.1. The second kappa shape index (κ2) is 8.58. The Morgan fingerprint density at radius 2 is 1.90 bits per heavy atom. The van der Waals surface area contributed by atoms with Crippen LogP contribution in [0.3, 0.4) is 0 Å². The Labute approximate surface area is 183 Å². The average molecular weight is 433 g/mol. The maximum absolute atomic E-state index is 12.9. The summed E-state index contributed by atoms with van der Waals surface area (Å²) in [6.07, 6.45) is 5.56. The number of carbonyl (C=O) groups is 1. The van der Waals surface area contributed by atoms with E-state index < -0.39 is 0 Å². The smallest absolute Gasteiger partial charge is 0.279 e. The van der Waals surface area contributed by atoms with Crippen LogP contribution in [0.4, 0.5) is 0 Å². The van der Waals surface area contributed by atoms with Crippen LogP contribution in [0.5, 0.6) is 11.5 Å². The third kappa shape index (κ3) is 4.02. The van der Waals surface area contributed by atoms with Gasteiger partial charge >= 0.3 is 0 Å². The quantitative estimate of drug-likeness (QED) is 0.381. The van der Waals surface area contributed by atoms with Gasteiger partial charge in [0.25, 0.3) is 5.91 Å². The normalized spacial score (nSPS) is 11.4. The molecule has 4 nitrogen and oxygen atoms in total. The van der Waals surface area contributed by atoms with Crippen molar-refractivity contribution in [2.24, 2.45) is 4.99 Å². The lowest BCUT2D eigenvalue weighted by molar-refractivity contribution is 0.0997. The third-order valence-corrected chi connectivity index (χ3v) is 5.99. The molecule has 148 valence electrons. The number of ether oxygens (including phenoxy) is 1. The summed E-state index contributed by atoms with van der Waals surface area (Å²) in [7, 11) is 0. The highest BCUT2D eigenvalue weighted by Gasteiger charge is 2.13. The number of para-hydroxylation sites is 1. The number of hydrogen-bond donors (Lipinski definition) is 0. The largest absolute Gasteiger partial charge is 0.457 e. The predicted octanol–water partition coefficient (Wildman–Crippen LogP) is 5.83. The first kappa shape index (κ1) is 20.0. The van der Waals surface area contributed by atoms with Crippen molar-refractivity contribution < 1.29 is 9.53 Å². The molecule has 4 aromatic rings. The van der Waals surface area contributed by atoms with E-state index in [9.17, 15) is 4.79 Å². The van der Waals surface area contributed by atoms with Crippen molar-refractivity contribution in [2.45, 2.75) is 13.5 Å². The molecule has 0 aliphatic heterocycles. The number of terminal acetylenes is 1. The highest BCUT2D eigenvalue weighted by Crippen LogP contribution is 2.27. The Morgan fingerprint density at radius 1 is 1.13 bits per heavy atom. The molecule has 3 aromatic carbocycles. The van der Waals surface area contributed by atoms with Crippen molar-refractivity contribution in [3.63, 3.8) is 0 Å². The highest BCUT2D eigenvalue weighted by molar-refractivity contribution is 7.16. The van der Waals surface area contributed by atoms with Gasteiger partial charge in [-0.05, 0) is 55.0 Å². The molecule has 1 amide bonds. The molecular weight excluding hydrogens is 416 g/mol. The fourth-order valence-corrected chi connectivity index (χ4v) is 4.35. The van der Waals surface area contributed by atoms with Gasteiger partial charge in [0, 0.05) is 10.6 Å². The minimum absolute atomic E-state index is 0.296. The zero-order chi connectivity index (χ0) is 21.1. The zero-order valence-corrected chi connectivity index (χ0v) is 17.7. The van der Waals surface area contributed by atoms with Gasteiger partial charge in [-0.3, -0.25) is 4.79 Å².